The van der Waals surface area contributed by atoms with Gasteiger partial charge in [0, 0.05) is 29.9 Å². The first-order valence-electron chi connectivity index (χ1n) is 8.85. The highest BCUT2D eigenvalue weighted by molar-refractivity contribution is 5.60. The molecule has 0 atom stereocenters. The Morgan fingerprint density at radius 1 is 1.07 bits per heavy atom. The minimum absolute atomic E-state index is 0.118. The Morgan fingerprint density at radius 3 is 2.15 bits per heavy atom. The lowest BCUT2D eigenvalue weighted by atomic mass is 9.86. The van der Waals surface area contributed by atoms with E-state index in [1.165, 1.54) is 6.07 Å². The third-order valence-electron chi connectivity index (χ3n) is 5.22. The number of nitrogens with zero attached hydrogens (tertiary/aromatic N) is 2. The number of hydrogen-bond donors (Lipinski definition) is 0. The molecule has 144 valence electrons. The van der Waals surface area contributed by atoms with Crippen molar-refractivity contribution in [2.45, 2.75) is 38.8 Å². The molecule has 0 aliphatic carbocycles. The predicted molar refractivity (Wildman–Crippen MR) is 98.2 cm³/mol. The number of benzene rings is 2. The van der Waals surface area contributed by atoms with Crippen LogP contribution >= 0.6 is 0 Å². The highest BCUT2D eigenvalue weighted by Crippen LogP contribution is 2.39. The lowest BCUT2D eigenvalue weighted by molar-refractivity contribution is -0.386. The van der Waals surface area contributed by atoms with Gasteiger partial charge in [0.25, 0.3) is 5.69 Å². The molecule has 27 heavy (non-hydrogen) atoms. The molecule has 0 amide bonds. The van der Waals surface area contributed by atoms with Crippen molar-refractivity contribution < 1.29 is 18.1 Å². The van der Waals surface area contributed by atoms with E-state index in [0.29, 0.717) is 42.6 Å². The van der Waals surface area contributed by atoms with Crippen molar-refractivity contribution in [3.05, 3.63) is 68.8 Å². The van der Waals surface area contributed by atoms with Crippen LogP contribution in [0.1, 0.15) is 41.0 Å². The van der Waals surface area contributed by atoms with Crippen LogP contribution in [0.4, 0.5) is 24.5 Å². The quantitative estimate of drug-likeness (QED) is 0.515. The summed E-state index contributed by atoms with van der Waals surface area (Å²) >= 11 is 0. The van der Waals surface area contributed by atoms with Crippen molar-refractivity contribution in [3.8, 4) is 0 Å². The van der Waals surface area contributed by atoms with E-state index in [1.54, 1.807) is 38.1 Å². The lowest BCUT2D eigenvalue weighted by Gasteiger charge is -2.35. The second-order valence-corrected chi connectivity index (χ2v) is 7.03. The van der Waals surface area contributed by atoms with E-state index < -0.39 is 11.7 Å². The van der Waals surface area contributed by atoms with E-state index in [4.69, 9.17) is 0 Å². The molecule has 3 rings (SSSR count). The molecule has 0 bridgehead atoms. The molecule has 1 fully saturated rings. The summed E-state index contributed by atoms with van der Waals surface area (Å²) in [7, 11) is 0. The van der Waals surface area contributed by atoms with Crippen molar-refractivity contribution >= 4 is 11.4 Å². The van der Waals surface area contributed by atoms with Gasteiger partial charge in [-0.05, 0) is 56.4 Å². The van der Waals surface area contributed by atoms with Crippen LogP contribution in [0.15, 0.2) is 36.4 Å². The molecule has 1 aliphatic rings. The number of hydrogen-bond acceptors (Lipinski definition) is 3. The van der Waals surface area contributed by atoms with Gasteiger partial charge in [0.15, 0.2) is 0 Å². The molecule has 0 saturated carbocycles. The molecule has 0 spiro atoms. The van der Waals surface area contributed by atoms with Crippen molar-refractivity contribution in [1.29, 1.82) is 0 Å². The number of nitro groups is 1. The van der Waals surface area contributed by atoms with E-state index in [0.717, 1.165) is 11.8 Å². The maximum absolute atomic E-state index is 13.3. The Labute approximate surface area is 155 Å². The maximum Gasteiger partial charge on any atom is 0.416 e. The molecule has 4 nitrogen and oxygen atoms in total. The smallest absolute Gasteiger partial charge is 0.371 e. The van der Waals surface area contributed by atoms with Crippen LogP contribution in [0.3, 0.4) is 0 Å². The normalized spacial score (nSPS) is 15.8. The number of aryl methyl sites for hydroxylation is 2. The predicted octanol–water partition coefficient (Wildman–Crippen LogP) is 5.61. The Balaban J connectivity index is 1.78. The Bertz CT molecular complexity index is 834. The van der Waals surface area contributed by atoms with Crippen molar-refractivity contribution in [3.63, 3.8) is 0 Å². The fourth-order valence-corrected chi connectivity index (χ4v) is 3.96. The molecule has 1 aliphatic heterocycles. The summed E-state index contributed by atoms with van der Waals surface area (Å²) in [6, 6.07) is 9.36. The summed E-state index contributed by atoms with van der Waals surface area (Å²) in [4.78, 5) is 12.9. The summed E-state index contributed by atoms with van der Waals surface area (Å²) in [6.45, 7) is 4.66. The average Bonchev–Trinajstić information content (AvgIpc) is 2.60. The van der Waals surface area contributed by atoms with Crippen molar-refractivity contribution in [2.75, 3.05) is 18.0 Å². The zero-order valence-electron chi connectivity index (χ0n) is 15.2. The molecular formula is C20H21F3N2O2. The lowest BCUT2D eigenvalue weighted by Crippen LogP contribution is -2.33. The number of nitro benzene ring substituents is 1. The molecule has 0 N–H and O–H groups in total. The second kappa shape index (κ2) is 7.21. The number of piperidine rings is 1. The SMILES string of the molecule is Cc1cc(N2CCC(c3ccccc3C(F)(F)F)CC2)cc(C)c1[N+](=O)[O-]. The molecule has 2 aromatic rings. The first-order chi connectivity index (χ1) is 12.7. The van der Waals surface area contributed by atoms with Gasteiger partial charge in [-0.1, -0.05) is 18.2 Å². The largest absolute Gasteiger partial charge is 0.416 e. The van der Waals surface area contributed by atoms with Gasteiger partial charge in [0.1, 0.15) is 0 Å². The van der Waals surface area contributed by atoms with Crippen LogP contribution in [-0.4, -0.2) is 18.0 Å². The third kappa shape index (κ3) is 3.91. The van der Waals surface area contributed by atoms with Crippen LogP contribution in [0, 0.1) is 24.0 Å². The molecule has 2 aromatic carbocycles. The summed E-state index contributed by atoms with van der Waals surface area (Å²) < 4.78 is 39.8. The first kappa shape index (κ1) is 19.2. The van der Waals surface area contributed by atoms with Gasteiger partial charge in [0.2, 0.25) is 0 Å². The van der Waals surface area contributed by atoms with Crippen LogP contribution in [0.2, 0.25) is 0 Å². The monoisotopic (exact) mass is 378 g/mol. The molecule has 7 heteroatoms. The summed E-state index contributed by atoms with van der Waals surface area (Å²) in [6.07, 6.45) is -3.12. The highest BCUT2D eigenvalue weighted by Gasteiger charge is 2.35. The standard InChI is InChI=1S/C20H21F3N2O2/c1-13-11-16(12-14(2)19(13)25(26)27)24-9-7-15(8-10-24)17-5-3-4-6-18(17)20(21,22)23/h3-6,11-12,15H,7-10H2,1-2H3. The Morgan fingerprint density at radius 2 is 1.63 bits per heavy atom. The van der Waals surface area contributed by atoms with E-state index >= 15 is 0 Å². The molecule has 0 unspecified atom stereocenters. The van der Waals surface area contributed by atoms with Gasteiger partial charge in [0.05, 0.1) is 10.5 Å². The topological polar surface area (TPSA) is 46.4 Å². The third-order valence-corrected chi connectivity index (χ3v) is 5.22. The van der Waals surface area contributed by atoms with Gasteiger partial charge in [-0.15, -0.1) is 0 Å². The zero-order chi connectivity index (χ0) is 19.8. The number of halogens is 3. The molecule has 1 heterocycles. The van der Waals surface area contributed by atoms with Crippen LogP contribution in [0.5, 0.6) is 0 Å². The van der Waals surface area contributed by atoms with E-state index in [2.05, 4.69) is 4.90 Å². The molecule has 0 aromatic heterocycles. The van der Waals surface area contributed by atoms with Gasteiger partial charge < -0.3 is 4.90 Å². The van der Waals surface area contributed by atoms with E-state index in [1.807, 2.05) is 0 Å². The summed E-state index contributed by atoms with van der Waals surface area (Å²) in [5.41, 5.74) is 2.01. The minimum Gasteiger partial charge on any atom is -0.371 e. The summed E-state index contributed by atoms with van der Waals surface area (Å²) in [5.74, 6) is -0.140. The molecule has 1 saturated heterocycles. The summed E-state index contributed by atoms with van der Waals surface area (Å²) in [5, 5.41) is 11.1. The van der Waals surface area contributed by atoms with E-state index in [-0.39, 0.29) is 16.5 Å². The molecular weight excluding hydrogens is 357 g/mol. The Hall–Kier alpha value is -2.57. The van der Waals surface area contributed by atoms with Crippen molar-refractivity contribution in [1.82, 2.24) is 0 Å². The van der Waals surface area contributed by atoms with Gasteiger partial charge in [-0.2, -0.15) is 13.2 Å². The molecule has 0 radical (unpaired) electrons. The number of rotatable bonds is 3. The van der Waals surface area contributed by atoms with Gasteiger partial charge >= 0.3 is 6.18 Å². The number of alkyl halides is 3. The second-order valence-electron chi connectivity index (χ2n) is 7.03. The van der Waals surface area contributed by atoms with Crippen LogP contribution < -0.4 is 4.90 Å². The van der Waals surface area contributed by atoms with E-state index in [9.17, 15) is 23.3 Å². The number of anilines is 1. The zero-order valence-corrected chi connectivity index (χ0v) is 15.2. The Kier molecular flexibility index (Phi) is 5.13. The highest BCUT2D eigenvalue weighted by atomic mass is 19.4. The minimum atomic E-state index is -4.35. The fraction of sp³-hybridized carbons (Fsp3) is 0.400. The van der Waals surface area contributed by atoms with Gasteiger partial charge in [-0.3, -0.25) is 10.1 Å². The fourth-order valence-electron chi connectivity index (χ4n) is 3.96. The average molecular weight is 378 g/mol. The van der Waals surface area contributed by atoms with Crippen molar-refractivity contribution in [2.24, 2.45) is 0 Å². The van der Waals surface area contributed by atoms with Gasteiger partial charge in [-0.25, -0.2) is 0 Å². The van der Waals surface area contributed by atoms with Crippen LogP contribution in [-0.2, 0) is 6.18 Å². The van der Waals surface area contributed by atoms with Crippen LogP contribution in [0.25, 0.3) is 0 Å². The first-order valence-corrected chi connectivity index (χ1v) is 8.85. The maximum atomic E-state index is 13.3.